The van der Waals surface area contributed by atoms with Gasteiger partial charge in [0.25, 0.3) is 0 Å². The van der Waals surface area contributed by atoms with E-state index in [9.17, 15) is 14.0 Å². The van der Waals surface area contributed by atoms with Gasteiger partial charge in [0.05, 0.1) is 17.5 Å². The number of hydrogen-bond donors (Lipinski definition) is 0. The molecule has 3 heterocycles. The zero-order valence-electron chi connectivity index (χ0n) is 17.7. The molecule has 0 radical (unpaired) electrons. The number of fused-ring (bicyclic) bond motifs is 5. The van der Waals surface area contributed by atoms with Crippen molar-refractivity contribution in [3.63, 3.8) is 0 Å². The van der Waals surface area contributed by atoms with Crippen molar-refractivity contribution >= 4 is 28.3 Å². The molecular weight excluding hydrogens is 427 g/mol. The predicted molar refractivity (Wildman–Crippen MR) is 121 cm³/mol. The molecule has 1 aromatic heterocycles. The van der Waals surface area contributed by atoms with Gasteiger partial charge in [-0.3, -0.25) is 19.4 Å². The summed E-state index contributed by atoms with van der Waals surface area (Å²) < 4.78 is 13.2. The lowest BCUT2D eigenvalue weighted by atomic mass is 9.85. The van der Waals surface area contributed by atoms with Crippen LogP contribution < -0.4 is 4.90 Å². The van der Waals surface area contributed by atoms with Gasteiger partial charge in [0.1, 0.15) is 5.82 Å². The summed E-state index contributed by atoms with van der Waals surface area (Å²) in [5.74, 6) is 0.188. The number of allylic oxidation sites excluding steroid dienone is 2. The molecule has 2 aromatic rings. The van der Waals surface area contributed by atoms with Crippen LogP contribution in [0.25, 0.3) is 11.3 Å². The Morgan fingerprint density at radius 1 is 0.938 bits per heavy atom. The molecule has 2 amide bonds. The minimum absolute atomic E-state index is 0.0478. The summed E-state index contributed by atoms with van der Waals surface area (Å²) in [5.41, 5.74) is 1.79. The van der Waals surface area contributed by atoms with Crippen LogP contribution in [0.1, 0.15) is 6.42 Å². The summed E-state index contributed by atoms with van der Waals surface area (Å²) in [4.78, 5) is 36.6. The monoisotopic (exact) mass is 452 g/mol. The maximum Gasteiger partial charge on any atom is 0.233 e. The van der Waals surface area contributed by atoms with Gasteiger partial charge in [0.15, 0.2) is 5.13 Å². The molecule has 8 heteroatoms. The van der Waals surface area contributed by atoms with Crippen LogP contribution >= 0.6 is 11.3 Å². The van der Waals surface area contributed by atoms with Crippen LogP contribution in [0.5, 0.6) is 0 Å². The third-order valence-electron chi connectivity index (χ3n) is 7.48. The molecule has 0 spiro atoms. The van der Waals surface area contributed by atoms with Crippen molar-refractivity contribution in [3.8, 4) is 11.3 Å². The second-order valence-corrected chi connectivity index (χ2v) is 10.0. The largest absolute Gasteiger partial charge is 0.346 e. The molecule has 3 fully saturated rings. The van der Waals surface area contributed by atoms with Gasteiger partial charge in [-0.05, 0) is 42.5 Å². The Morgan fingerprint density at radius 2 is 1.59 bits per heavy atom. The van der Waals surface area contributed by atoms with Crippen LogP contribution in [0.3, 0.4) is 0 Å². The van der Waals surface area contributed by atoms with E-state index in [1.165, 1.54) is 17.0 Å². The zero-order chi connectivity index (χ0) is 21.8. The number of rotatable bonds is 5. The Bertz CT molecular complexity index is 1050. The Labute approximate surface area is 190 Å². The van der Waals surface area contributed by atoms with E-state index in [2.05, 4.69) is 22.0 Å². The fraction of sp³-hybridized carbons (Fsp3) is 0.458. The van der Waals surface area contributed by atoms with E-state index in [4.69, 9.17) is 4.98 Å². The molecule has 166 valence electrons. The fourth-order valence-electron chi connectivity index (χ4n) is 5.75. The minimum Gasteiger partial charge on any atom is -0.346 e. The van der Waals surface area contributed by atoms with Crippen molar-refractivity contribution in [2.24, 2.45) is 23.7 Å². The molecule has 2 aliphatic heterocycles. The maximum absolute atomic E-state index is 13.2. The van der Waals surface area contributed by atoms with E-state index in [0.717, 1.165) is 55.5 Å². The van der Waals surface area contributed by atoms with Gasteiger partial charge in [0.2, 0.25) is 11.8 Å². The number of carbonyl (C=O) groups is 2. The quantitative estimate of drug-likeness (QED) is 0.516. The highest BCUT2D eigenvalue weighted by molar-refractivity contribution is 7.14. The number of carbonyl (C=O) groups excluding carboxylic acids is 2. The van der Waals surface area contributed by atoms with E-state index < -0.39 is 0 Å². The van der Waals surface area contributed by atoms with Crippen LogP contribution in [0.15, 0.2) is 41.8 Å². The minimum atomic E-state index is -0.245. The van der Waals surface area contributed by atoms with Crippen LogP contribution in [-0.4, -0.2) is 65.9 Å². The first-order valence-electron chi connectivity index (χ1n) is 11.3. The number of hydrogen-bond acceptors (Lipinski definition) is 6. The average Bonchev–Trinajstić information content (AvgIpc) is 3.59. The molecule has 6 nitrogen and oxygen atoms in total. The normalized spacial score (nSPS) is 29.4. The molecule has 2 bridgehead atoms. The van der Waals surface area contributed by atoms with Crippen LogP contribution in [0.2, 0.25) is 0 Å². The number of amides is 2. The fourth-order valence-corrected chi connectivity index (χ4v) is 6.64. The number of thiazole rings is 1. The van der Waals surface area contributed by atoms with Gasteiger partial charge in [-0.1, -0.05) is 12.2 Å². The van der Waals surface area contributed by atoms with Crippen molar-refractivity contribution in [2.45, 2.75) is 6.42 Å². The molecule has 2 saturated heterocycles. The van der Waals surface area contributed by atoms with Gasteiger partial charge in [-0.25, -0.2) is 9.37 Å². The lowest BCUT2D eigenvalue weighted by Crippen LogP contribution is -2.49. The van der Waals surface area contributed by atoms with Gasteiger partial charge in [-0.15, -0.1) is 11.3 Å². The number of halogens is 1. The van der Waals surface area contributed by atoms with Crippen molar-refractivity contribution in [3.05, 3.63) is 47.6 Å². The third kappa shape index (κ3) is 3.28. The van der Waals surface area contributed by atoms with Crippen LogP contribution in [-0.2, 0) is 9.59 Å². The van der Waals surface area contributed by atoms with Crippen LogP contribution in [0.4, 0.5) is 9.52 Å². The summed E-state index contributed by atoms with van der Waals surface area (Å²) in [5, 5.41) is 2.99. The topological polar surface area (TPSA) is 56.8 Å². The molecule has 4 atom stereocenters. The van der Waals surface area contributed by atoms with E-state index in [0.29, 0.717) is 6.54 Å². The zero-order valence-corrected chi connectivity index (χ0v) is 18.5. The number of likely N-dealkylation sites (tertiary alicyclic amines) is 1. The summed E-state index contributed by atoms with van der Waals surface area (Å²) >= 11 is 1.61. The van der Waals surface area contributed by atoms with Crippen molar-refractivity contribution in [2.75, 3.05) is 44.2 Å². The summed E-state index contributed by atoms with van der Waals surface area (Å²) in [6.07, 6.45) is 5.25. The van der Waals surface area contributed by atoms with Gasteiger partial charge in [-0.2, -0.15) is 0 Å². The number of benzene rings is 1. The predicted octanol–water partition coefficient (Wildman–Crippen LogP) is 2.88. The second kappa shape index (κ2) is 7.78. The average molecular weight is 453 g/mol. The lowest BCUT2D eigenvalue weighted by molar-refractivity contribution is -0.140. The molecule has 2 aliphatic carbocycles. The first-order chi connectivity index (χ1) is 15.6. The van der Waals surface area contributed by atoms with E-state index >= 15 is 0 Å². The number of aromatic nitrogens is 1. The smallest absolute Gasteiger partial charge is 0.233 e. The number of imide groups is 1. The summed E-state index contributed by atoms with van der Waals surface area (Å²) in [6, 6.07) is 6.42. The SMILES string of the molecule is O=C1[C@H]2[C@H](C(=O)N1CCN1CCN(c3nc(-c4ccc(F)cc4)cs3)CC1)[C@H]1C=C[C@H]2C1. The molecule has 0 N–H and O–H groups in total. The highest BCUT2D eigenvalue weighted by Crippen LogP contribution is 2.52. The molecule has 1 saturated carbocycles. The van der Waals surface area contributed by atoms with Gasteiger partial charge >= 0.3 is 0 Å². The molecule has 0 unspecified atom stereocenters. The lowest BCUT2D eigenvalue weighted by Gasteiger charge is -2.35. The first-order valence-corrected chi connectivity index (χ1v) is 12.2. The van der Waals surface area contributed by atoms with Crippen molar-refractivity contribution in [1.82, 2.24) is 14.8 Å². The number of piperazine rings is 1. The Balaban J connectivity index is 1.03. The first kappa shape index (κ1) is 20.1. The third-order valence-corrected chi connectivity index (χ3v) is 8.38. The van der Waals surface area contributed by atoms with E-state index in [1.54, 1.807) is 23.5 Å². The highest BCUT2D eigenvalue weighted by Gasteiger charge is 2.59. The molecular formula is C24H25FN4O2S. The molecule has 32 heavy (non-hydrogen) atoms. The van der Waals surface area contributed by atoms with Gasteiger partial charge in [0, 0.05) is 50.2 Å². The summed E-state index contributed by atoms with van der Waals surface area (Å²) in [7, 11) is 0. The second-order valence-electron chi connectivity index (χ2n) is 9.18. The summed E-state index contributed by atoms with van der Waals surface area (Å²) in [6.45, 7) is 4.69. The van der Waals surface area contributed by atoms with Crippen molar-refractivity contribution in [1.29, 1.82) is 0 Å². The Morgan fingerprint density at radius 3 is 2.25 bits per heavy atom. The highest BCUT2D eigenvalue weighted by atomic mass is 32.1. The van der Waals surface area contributed by atoms with E-state index in [1.807, 2.05) is 5.38 Å². The Kier molecular flexibility index (Phi) is 4.87. The molecule has 4 aliphatic rings. The molecule has 6 rings (SSSR count). The maximum atomic E-state index is 13.2. The Hall–Kier alpha value is -2.58. The number of nitrogens with zero attached hydrogens (tertiary/aromatic N) is 4. The van der Waals surface area contributed by atoms with Crippen molar-refractivity contribution < 1.29 is 14.0 Å². The standard InChI is InChI=1S/C24H25FN4O2S/c25-18-5-3-15(4-6-18)19-14-32-24(26-19)28-10-7-27(8-11-28)9-12-29-22(30)20-16-1-2-17(13-16)21(20)23(29)31/h1-6,14,16-17,20-21H,7-13H2/t16-,17-,20+,21+/m0/s1. The molecule has 1 aromatic carbocycles. The van der Waals surface area contributed by atoms with Gasteiger partial charge < -0.3 is 4.90 Å². The van der Waals surface area contributed by atoms with E-state index in [-0.39, 0.29) is 41.3 Å². The number of anilines is 1. The van der Waals surface area contributed by atoms with Crippen LogP contribution in [0, 0.1) is 29.5 Å².